The van der Waals surface area contributed by atoms with Gasteiger partial charge in [0.2, 0.25) is 0 Å². The van der Waals surface area contributed by atoms with E-state index in [0.717, 1.165) is 34.1 Å². The van der Waals surface area contributed by atoms with E-state index in [0.29, 0.717) is 22.7 Å². The van der Waals surface area contributed by atoms with E-state index in [4.69, 9.17) is 18.3 Å². The molecule has 56 heavy (non-hydrogen) atoms. The van der Waals surface area contributed by atoms with Crippen molar-refractivity contribution in [1.82, 2.24) is 0 Å². The van der Waals surface area contributed by atoms with Crippen LogP contribution in [0.1, 0.15) is 51.6 Å². The molecule has 0 aliphatic carbocycles. The van der Waals surface area contributed by atoms with E-state index in [9.17, 15) is 9.59 Å². The standard InChI is InChI=1S/C47H43BN2O6/c1-32-7-19-40(20-8-32)49(41-21-9-33(2)10-22-41)44-27-15-38(16-28-44)46-31-47(56-48(55-46,53-36(5)51)54-37(6)52)39-17-29-45(30-18-39)50(42-23-11-34(3)12-24-42)43-25-13-35(4)14-26-43/h7-31H,1-6H3. The van der Waals surface area contributed by atoms with Crippen LogP contribution in [0.3, 0.4) is 0 Å². The highest BCUT2D eigenvalue weighted by Crippen LogP contribution is 2.38. The zero-order chi connectivity index (χ0) is 39.4. The molecule has 8 nitrogen and oxygen atoms in total. The van der Waals surface area contributed by atoms with Crippen molar-refractivity contribution in [3.05, 3.63) is 185 Å². The Bertz CT molecular complexity index is 2300. The number of carbonyl (C=O) groups is 2. The van der Waals surface area contributed by atoms with Crippen LogP contribution in [0.2, 0.25) is 0 Å². The summed E-state index contributed by atoms with van der Waals surface area (Å²) in [5.74, 6) is -0.891. The van der Waals surface area contributed by atoms with Crippen molar-refractivity contribution < 1.29 is 27.9 Å². The minimum absolute atomic E-state index is 0.294. The molecule has 0 amide bonds. The van der Waals surface area contributed by atoms with Gasteiger partial charge >= 0.3 is 6.96 Å². The summed E-state index contributed by atoms with van der Waals surface area (Å²) in [5, 5.41) is 0. The minimum atomic E-state index is -3.37. The Balaban J connectivity index is 1.28. The normalized spacial score (nSPS) is 13.1. The SMILES string of the molecule is CC(=O)O[B-]1(OC(C)=O)OC(c2ccc(N(c3ccc(C)cc3)c3ccc(C)cc3)cc2)=CC(c2ccc(N(c3ccc(C)cc3)c3ccc(C)cc3)cc2)=[O+]1. The van der Waals surface area contributed by atoms with Gasteiger partial charge in [0, 0.05) is 53.5 Å². The predicted molar refractivity (Wildman–Crippen MR) is 224 cm³/mol. The van der Waals surface area contributed by atoms with Crippen molar-refractivity contribution in [3.8, 4) is 0 Å². The quantitative estimate of drug-likeness (QED) is 0.102. The lowest BCUT2D eigenvalue weighted by atomic mass is 9.98. The first kappa shape index (κ1) is 37.5. The van der Waals surface area contributed by atoms with Crippen LogP contribution in [-0.2, 0) is 23.6 Å². The maximum atomic E-state index is 12.4. The van der Waals surface area contributed by atoms with E-state index in [2.05, 4.69) is 135 Å². The van der Waals surface area contributed by atoms with Crippen molar-refractivity contribution in [3.63, 3.8) is 0 Å². The van der Waals surface area contributed by atoms with Crippen LogP contribution in [0.15, 0.2) is 152 Å². The van der Waals surface area contributed by atoms with Gasteiger partial charge in [0.25, 0.3) is 17.7 Å². The molecule has 0 fully saturated rings. The van der Waals surface area contributed by atoms with Gasteiger partial charge in [0.05, 0.1) is 17.4 Å². The number of anilines is 6. The molecule has 0 N–H and O–H groups in total. The second-order valence-electron chi connectivity index (χ2n) is 14.0. The third-order valence-corrected chi connectivity index (χ3v) is 9.41. The molecule has 0 aromatic heterocycles. The van der Waals surface area contributed by atoms with Crippen molar-refractivity contribution in [2.75, 3.05) is 9.80 Å². The Morgan fingerprint density at radius 1 is 0.464 bits per heavy atom. The first-order valence-electron chi connectivity index (χ1n) is 18.5. The van der Waals surface area contributed by atoms with Crippen LogP contribution >= 0.6 is 0 Å². The van der Waals surface area contributed by atoms with Gasteiger partial charge in [-0.2, -0.15) is 0 Å². The second-order valence-corrected chi connectivity index (χ2v) is 14.0. The lowest BCUT2D eigenvalue weighted by Gasteiger charge is -2.30. The van der Waals surface area contributed by atoms with Gasteiger partial charge in [0.15, 0.2) is 0 Å². The smallest absolute Gasteiger partial charge is 0.550 e. The molecule has 1 heterocycles. The fourth-order valence-electron chi connectivity index (χ4n) is 6.57. The number of allylic oxidation sites excluding steroid dienone is 1. The van der Waals surface area contributed by atoms with Crippen LogP contribution < -0.4 is 9.80 Å². The maximum absolute atomic E-state index is 12.4. The summed E-state index contributed by atoms with van der Waals surface area (Å²) in [4.78, 5) is 29.2. The summed E-state index contributed by atoms with van der Waals surface area (Å²) in [6, 6.07) is 49.0. The third-order valence-electron chi connectivity index (χ3n) is 9.41. The molecule has 1 aliphatic rings. The number of ketones is 1. The summed E-state index contributed by atoms with van der Waals surface area (Å²) in [7, 11) is 0. The molecule has 0 saturated carbocycles. The van der Waals surface area contributed by atoms with E-state index < -0.39 is 18.9 Å². The summed E-state index contributed by atoms with van der Waals surface area (Å²) in [6.07, 6.45) is 1.71. The highest BCUT2D eigenvalue weighted by atomic mass is 16.9. The predicted octanol–water partition coefficient (Wildman–Crippen LogP) is 11.2. The zero-order valence-electron chi connectivity index (χ0n) is 32.4. The average molecular weight is 743 g/mol. The van der Waals surface area contributed by atoms with E-state index in [-0.39, 0.29) is 0 Å². The number of benzene rings is 6. The summed E-state index contributed by atoms with van der Waals surface area (Å²) in [5.41, 5.74) is 11.8. The molecule has 1 aliphatic heterocycles. The van der Waals surface area contributed by atoms with Gasteiger partial charge in [-0.05, 0) is 125 Å². The Kier molecular flexibility index (Phi) is 10.6. The topological polar surface area (TPSA) is 79.6 Å². The van der Waals surface area contributed by atoms with Crippen LogP contribution in [0.5, 0.6) is 0 Å². The summed E-state index contributed by atoms with van der Waals surface area (Å²) in [6.45, 7) is 7.30. The molecule has 7 rings (SSSR count). The van der Waals surface area contributed by atoms with Crippen molar-refractivity contribution in [1.29, 1.82) is 0 Å². The monoisotopic (exact) mass is 742 g/mol. The van der Waals surface area contributed by atoms with Crippen LogP contribution in [0, 0.1) is 27.7 Å². The molecular formula is C47H43BN2O6. The first-order chi connectivity index (χ1) is 26.9. The molecule has 0 spiro atoms. The third kappa shape index (κ3) is 8.42. The van der Waals surface area contributed by atoms with Gasteiger partial charge in [0.1, 0.15) is 0 Å². The average Bonchev–Trinajstić information content (AvgIpc) is 3.18. The number of hydrogen-bond acceptors (Lipinski definition) is 7. The van der Waals surface area contributed by atoms with Gasteiger partial charge in [-0.25, -0.2) is 0 Å². The number of hydrogen-bond donors (Lipinski definition) is 0. The fraction of sp³-hybridized carbons (Fsp3) is 0.128. The molecule has 9 heteroatoms. The molecule has 280 valence electrons. The van der Waals surface area contributed by atoms with Crippen LogP contribution in [0.25, 0.3) is 5.76 Å². The summed E-state index contributed by atoms with van der Waals surface area (Å²) < 4.78 is 23.5. The highest BCUT2D eigenvalue weighted by molar-refractivity contribution is 6.57. The Hall–Kier alpha value is -6.87. The van der Waals surface area contributed by atoms with Gasteiger partial charge in [-0.1, -0.05) is 70.8 Å². The lowest BCUT2D eigenvalue weighted by Crippen LogP contribution is -2.49. The van der Waals surface area contributed by atoms with Gasteiger partial charge < -0.3 is 28.1 Å². The number of carbonyl (C=O) groups excluding carboxylic acids is 3. The number of rotatable bonds is 10. The van der Waals surface area contributed by atoms with E-state index in [1.807, 2.05) is 48.5 Å². The Labute approximate surface area is 327 Å². The van der Waals surface area contributed by atoms with Gasteiger partial charge in [-0.15, -0.1) is 0 Å². The molecule has 6 aromatic rings. The lowest BCUT2D eigenvalue weighted by molar-refractivity contribution is -0.228. The minimum Gasteiger partial charge on any atom is -0.550 e. The van der Waals surface area contributed by atoms with Crippen molar-refractivity contribution >= 4 is 64.6 Å². The largest absolute Gasteiger partial charge is 1.04 e. The molecule has 6 aromatic carbocycles. The molecule has 0 radical (unpaired) electrons. The molecule has 0 bridgehead atoms. The summed E-state index contributed by atoms with van der Waals surface area (Å²) >= 11 is 0. The zero-order valence-corrected chi connectivity index (χ0v) is 32.4. The molecule has 0 unspecified atom stereocenters. The second kappa shape index (κ2) is 15.9. The molecule has 0 atom stereocenters. The maximum Gasteiger partial charge on any atom is 1.04 e. The Morgan fingerprint density at radius 2 is 0.750 bits per heavy atom. The van der Waals surface area contributed by atoms with Crippen molar-refractivity contribution in [2.24, 2.45) is 0 Å². The first-order valence-corrected chi connectivity index (χ1v) is 18.5. The number of aryl methyl sites for hydroxylation is 4. The highest BCUT2D eigenvalue weighted by Gasteiger charge is 2.62. The molecule has 0 saturated heterocycles. The van der Waals surface area contributed by atoms with E-state index in [1.165, 1.54) is 36.1 Å². The fourth-order valence-corrected chi connectivity index (χ4v) is 6.57. The van der Waals surface area contributed by atoms with Crippen molar-refractivity contribution in [2.45, 2.75) is 41.5 Å². The van der Waals surface area contributed by atoms with E-state index in [1.54, 1.807) is 6.08 Å². The van der Waals surface area contributed by atoms with E-state index >= 15 is 0 Å². The van der Waals surface area contributed by atoms with Gasteiger partial charge in [-0.3, -0.25) is 9.59 Å². The van der Waals surface area contributed by atoms with Crippen LogP contribution in [-0.4, -0.2) is 24.7 Å². The Morgan fingerprint density at radius 3 is 1.05 bits per heavy atom. The number of nitrogens with zero attached hydrogens (tertiary/aromatic N) is 2. The molecular weight excluding hydrogens is 699 g/mol. The van der Waals surface area contributed by atoms with Crippen LogP contribution in [0.4, 0.5) is 34.1 Å².